The Morgan fingerprint density at radius 3 is 2.42 bits per heavy atom. The molecule has 0 spiro atoms. The van der Waals surface area contributed by atoms with Crippen molar-refractivity contribution in [3.8, 4) is 5.69 Å². The van der Waals surface area contributed by atoms with Crippen molar-refractivity contribution in [1.82, 2.24) is 29.9 Å². The van der Waals surface area contributed by atoms with E-state index in [1.54, 1.807) is 6.92 Å². The van der Waals surface area contributed by atoms with E-state index < -0.39 is 5.97 Å². The van der Waals surface area contributed by atoms with E-state index in [4.69, 9.17) is 16.2 Å². The maximum absolute atomic E-state index is 12.3. The second-order valence-corrected chi connectivity index (χ2v) is 5.76. The van der Waals surface area contributed by atoms with E-state index in [1.165, 1.54) is 4.80 Å². The Morgan fingerprint density at radius 1 is 1.08 bits per heavy atom. The summed E-state index contributed by atoms with van der Waals surface area (Å²) in [5, 5.41) is 8.55. The number of carbonyl (C=O) groups is 1. The van der Waals surface area contributed by atoms with Crippen molar-refractivity contribution >= 4 is 17.9 Å². The largest absolute Gasteiger partial charge is 0.453 e. The van der Waals surface area contributed by atoms with Crippen molar-refractivity contribution in [2.45, 2.75) is 27.4 Å². The molecule has 0 aliphatic rings. The molecule has 0 aliphatic heterocycles. The second kappa shape index (κ2) is 6.75. The number of aromatic nitrogens is 6. The number of aryl methyl sites for hydroxylation is 3. The van der Waals surface area contributed by atoms with E-state index in [9.17, 15) is 4.79 Å². The van der Waals surface area contributed by atoms with Crippen LogP contribution in [0.2, 0.25) is 0 Å². The van der Waals surface area contributed by atoms with Crippen molar-refractivity contribution in [2.24, 2.45) is 0 Å². The standard InChI is InChI=1S/C16H18N8O2/c1-8-4-5-11(9(2)6-8)24-22-10(3)13(23-24)14(25)26-7-12-19-15(17)21-16(18)20-12/h4-6H,7H2,1-3H3,(H4,17,18,19,20,21). The van der Waals surface area contributed by atoms with Gasteiger partial charge in [-0.1, -0.05) is 17.7 Å². The smallest absolute Gasteiger partial charge is 0.361 e. The van der Waals surface area contributed by atoms with Crippen molar-refractivity contribution < 1.29 is 9.53 Å². The van der Waals surface area contributed by atoms with E-state index in [-0.39, 0.29) is 30.0 Å². The molecule has 10 heteroatoms. The predicted molar refractivity (Wildman–Crippen MR) is 93.3 cm³/mol. The molecule has 0 atom stereocenters. The lowest BCUT2D eigenvalue weighted by atomic mass is 10.1. The molecule has 10 nitrogen and oxygen atoms in total. The van der Waals surface area contributed by atoms with Gasteiger partial charge in [0.2, 0.25) is 11.9 Å². The van der Waals surface area contributed by atoms with Crippen molar-refractivity contribution in [2.75, 3.05) is 11.5 Å². The van der Waals surface area contributed by atoms with Crippen LogP contribution >= 0.6 is 0 Å². The Kier molecular flexibility index (Phi) is 4.48. The molecule has 134 valence electrons. The maximum Gasteiger partial charge on any atom is 0.361 e. The number of carbonyl (C=O) groups excluding carboxylic acids is 1. The molecule has 0 saturated carbocycles. The zero-order valence-corrected chi connectivity index (χ0v) is 14.6. The number of ether oxygens (including phenoxy) is 1. The lowest BCUT2D eigenvalue weighted by Crippen LogP contribution is -2.12. The molecular weight excluding hydrogens is 336 g/mol. The first-order valence-corrected chi connectivity index (χ1v) is 7.78. The van der Waals surface area contributed by atoms with Gasteiger partial charge in [-0.25, -0.2) is 4.79 Å². The van der Waals surface area contributed by atoms with Crippen LogP contribution in [0.3, 0.4) is 0 Å². The van der Waals surface area contributed by atoms with Crippen molar-refractivity contribution in [1.29, 1.82) is 0 Å². The molecule has 0 fully saturated rings. The Balaban J connectivity index is 1.79. The van der Waals surface area contributed by atoms with Gasteiger partial charge in [0.05, 0.1) is 11.4 Å². The van der Waals surface area contributed by atoms with Gasteiger partial charge in [0, 0.05) is 0 Å². The Hall–Kier alpha value is -3.56. The van der Waals surface area contributed by atoms with Crippen molar-refractivity contribution in [3.05, 3.63) is 46.5 Å². The van der Waals surface area contributed by atoms with Crippen LogP contribution in [0.15, 0.2) is 18.2 Å². The molecule has 4 N–H and O–H groups in total. The molecule has 2 heterocycles. The summed E-state index contributed by atoms with van der Waals surface area (Å²) in [6.45, 7) is 5.44. The molecule has 0 unspecified atom stereocenters. The number of nitrogens with two attached hydrogens (primary N) is 2. The van der Waals surface area contributed by atoms with Gasteiger partial charge in [0.15, 0.2) is 18.1 Å². The van der Waals surface area contributed by atoms with Crippen LogP contribution in [0, 0.1) is 20.8 Å². The highest BCUT2D eigenvalue weighted by Crippen LogP contribution is 2.16. The summed E-state index contributed by atoms with van der Waals surface area (Å²) in [6.07, 6.45) is 0. The predicted octanol–water partition coefficient (Wildman–Crippen LogP) is 0.899. The first-order chi connectivity index (χ1) is 12.3. The molecule has 0 saturated heterocycles. The fourth-order valence-corrected chi connectivity index (χ4v) is 2.42. The Morgan fingerprint density at radius 2 is 1.77 bits per heavy atom. The lowest BCUT2D eigenvalue weighted by molar-refractivity contribution is 0.0454. The van der Waals surface area contributed by atoms with E-state index in [0.29, 0.717) is 5.69 Å². The molecule has 0 amide bonds. The minimum Gasteiger partial charge on any atom is -0.453 e. The van der Waals surface area contributed by atoms with Gasteiger partial charge in [-0.15, -0.1) is 5.10 Å². The van der Waals surface area contributed by atoms with Gasteiger partial charge in [0.1, 0.15) is 0 Å². The van der Waals surface area contributed by atoms with Gasteiger partial charge in [-0.05, 0) is 32.4 Å². The summed E-state index contributed by atoms with van der Waals surface area (Å²) >= 11 is 0. The van der Waals surface area contributed by atoms with Gasteiger partial charge >= 0.3 is 5.97 Å². The monoisotopic (exact) mass is 354 g/mol. The molecule has 3 rings (SSSR count). The summed E-state index contributed by atoms with van der Waals surface area (Å²) in [7, 11) is 0. The number of esters is 1. The highest BCUT2D eigenvalue weighted by atomic mass is 16.5. The van der Waals surface area contributed by atoms with E-state index in [0.717, 1.165) is 16.8 Å². The number of hydrogen-bond acceptors (Lipinski definition) is 9. The molecule has 0 radical (unpaired) electrons. The number of nitrogens with zero attached hydrogens (tertiary/aromatic N) is 6. The van der Waals surface area contributed by atoms with Crippen LogP contribution in [-0.2, 0) is 11.3 Å². The average molecular weight is 354 g/mol. The molecular formula is C16H18N8O2. The van der Waals surface area contributed by atoms with Crippen LogP contribution in [0.5, 0.6) is 0 Å². The quantitative estimate of drug-likeness (QED) is 0.652. The second-order valence-electron chi connectivity index (χ2n) is 5.76. The number of rotatable bonds is 4. The lowest BCUT2D eigenvalue weighted by Gasteiger charge is -2.05. The van der Waals surface area contributed by atoms with Crippen molar-refractivity contribution in [3.63, 3.8) is 0 Å². The average Bonchev–Trinajstić information content (AvgIpc) is 2.93. The Bertz CT molecular complexity index is 962. The summed E-state index contributed by atoms with van der Waals surface area (Å²) in [5.41, 5.74) is 14.4. The highest BCUT2D eigenvalue weighted by Gasteiger charge is 2.19. The topological polar surface area (TPSA) is 148 Å². The molecule has 2 aromatic heterocycles. The third-order valence-electron chi connectivity index (χ3n) is 3.59. The van der Waals surface area contributed by atoms with E-state index >= 15 is 0 Å². The molecule has 3 aromatic rings. The van der Waals surface area contributed by atoms with Crippen LogP contribution < -0.4 is 11.5 Å². The number of anilines is 2. The van der Waals surface area contributed by atoms with Gasteiger partial charge < -0.3 is 16.2 Å². The summed E-state index contributed by atoms with van der Waals surface area (Å²) in [6, 6.07) is 5.87. The van der Waals surface area contributed by atoms with Gasteiger partial charge in [0.25, 0.3) is 0 Å². The van der Waals surface area contributed by atoms with Crippen LogP contribution in [-0.4, -0.2) is 35.9 Å². The SMILES string of the molecule is Cc1ccc(-n2nc(C)c(C(=O)OCc3nc(N)nc(N)n3)n2)c(C)c1. The van der Waals surface area contributed by atoms with Crippen LogP contribution in [0.25, 0.3) is 5.69 Å². The number of nitrogen functional groups attached to an aromatic ring is 2. The normalized spacial score (nSPS) is 10.7. The highest BCUT2D eigenvalue weighted by molar-refractivity contribution is 5.88. The fraction of sp³-hybridized carbons (Fsp3) is 0.250. The third kappa shape index (κ3) is 3.58. The minimum absolute atomic E-state index is 0.0412. The van der Waals surface area contributed by atoms with Gasteiger partial charge in [-0.3, -0.25) is 0 Å². The molecule has 0 aliphatic carbocycles. The summed E-state index contributed by atoms with van der Waals surface area (Å²) < 4.78 is 5.18. The minimum atomic E-state index is -0.643. The van der Waals surface area contributed by atoms with Crippen LogP contribution in [0.4, 0.5) is 11.9 Å². The number of hydrogen-bond donors (Lipinski definition) is 2. The van der Waals surface area contributed by atoms with Gasteiger partial charge in [-0.2, -0.15) is 24.8 Å². The zero-order valence-electron chi connectivity index (χ0n) is 14.6. The first kappa shape index (κ1) is 17.3. The van der Waals surface area contributed by atoms with Crippen LogP contribution in [0.1, 0.15) is 33.1 Å². The molecule has 0 bridgehead atoms. The first-order valence-electron chi connectivity index (χ1n) is 7.78. The third-order valence-corrected chi connectivity index (χ3v) is 3.59. The molecule has 1 aromatic carbocycles. The number of benzene rings is 1. The summed E-state index contributed by atoms with van der Waals surface area (Å²) in [4.78, 5) is 25.1. The molecule has 26 heavy (non-hydrogen) atoms. The van der Waals surface area contributed by atoms with E-state index in [1.807, 2.05) is 32.0 Å². The Labute approximate surface area is 149 Å². The zero-order chi connectivity index (χ0) is 18.8. The maximum atomic E-state index is 12.3. The fourth-order valence-electron chi connectivity index (χ4n) is 2.42. The van der Waals surface area contributed by atoms with E-state index in [2.05, 4.69) is 25.1 Å². The summed E-state index contributed by atoms with van der Waals surface area (Å²) in [5.74, 6) is -0.570.